The minimum atomic E-state index is -0.441. The van der Waals surface area contributed by atoms with Gasteiger partial charge in [-0.15, -0.1) is 0 Å². The molecule has 4 nitrogen and oxygen atoms in total. The van der Waals surface area contributed by atoms with Gasteiger partial charge in [-0.3, -0.25) is 9.89 Å². The second-order valence-electron chi connectivity index (χ2n) is 5.96. The number of carbonyl (C=O) groups is 1. The number of nitrogens with zero attached hydrogens (tertiary/aromatic N) is 1. The van der Waals surface area contributed by atoms with E-state index >= 15 is 0 Å². The normalized spacial score (nSPS) is 10.7. The largest absolute Gasteiger partial charge is 0.305 e. The van der Waals surface area contributed by atoms with Crippen LogP contribution in [0.25, 0.3) is 11.3 Å². The van der Waals surface area contributed by atoms with Gasteiger partial charge in [-0.2, -0.15) is 5.10 Å². The summed E-state index contributed by atoms with van der Waals surface area (Å²) in [5.41, 5.74) is 5.13. The Kier molecular flexibility index (Phi) is 4.16. The molecule has 2 N–H and O–H groups in total. The summed E-state index contributed by atoms with van der Waals surface area (Å²) in [5.74, 6) is -0.424. The summed E-state index contributed by atoms with van der Waals surface area (Å²) in [7, 11) is 0. The molecule has 0 atom stereocenters. The van der Waals surface area contributed by atoms with E-state index in [9.17, 15) is 9.18 Å². The van der Waals surface area contributed by atoms with Gasteiger partial charge in [-0.05, 0) is 50.6 Å². The van der Waals surface area contributed by atoms with Crippen LogP contribution in [0.2, 0.25) is 0 Å². The molecular weight excluding hydrogens is 305 g/mol. The number of halogens is 1. The van der Waals surface area contributed by atoms with E-state index in [1.54, 1.807) is 19.1 Å². The van der Waals surface area contributed by atoms with Crippen LogP contribution >= 0.6 is 0 Å². The minimum absolute atomic E-state index is 0.297. The van der Waals surface area contributed by atoms with E-state index in [4.69, 9.17) is 0 Å². The van der Waals surface area contributed by atoms with E-state index in [-0.39, 0.29) is 5.91 Å². The highest BCUT2D eigenvalue weighted by Crippen LogP contribution is 2.23. The van der Waals surface area contributed by atoms with Gasteiger partial charge < -0.3 is 5.32 Å². The number of rotatable bonds is 3. The number of aromatic nitrogens is 2. The van der Waals surface area contributed by atoms with Crippen LogP contribution in [0, 0.1) is 26.6 Å². The number of H-pyrrole nitrogens is 1. The molecule has 0 aliphatic rings. The van der Waals surface area contributed by atoms with E-state index in [0.29, 0.717) is 16.9 Å². The van der Waals surface area contributed by atoms with Crippen molar-refractivity contribution in [3.05, 3.63) is 70.5 Å². The molecule has 1 heterocycles. The van der Waals surface area contributed by atoms with Gasteiger partial charge in [0.25, 0.3) is 5.91 Å². The SMILES string of the molecule is Cc1cc(C)cc(-c2cc(NC(=O)c3cc(F)ccc3C)n[nH]2)c1. The first-order valence-corrected chi connectivity index (χ1v) is 7.64. The van der Waals surface area contributed by atoms with E-state index in [1.165, 1.54) is 12.1 Å². The number of aryl methyl sites for hydroxylation is 3. The number of hydrogen-bond donors (Lipinski definition) is 2. The Hall–Kier alpha value is -2.95. The van der Waals surface area contributed by atoms with Crippen molar-refractivity contribution in [2.24, 2.45) is 0 Å². The van der Waals surface area contributed by atoms with E-state index < -0.39 is 5.82 Å². The second-order valence-corrected chi connectivity index (χ2v) is 5.96. The molecule has 0 fully saturated rings. The van der Waals surface area contributed by atoms with Crippen LogP contribution in [0.1, 0.15) is 27.0 Å². The zero-order chi connectivity index (χ0) is 17.3. The summed E-state index contributed by atoms with van der Waals surface area (Å²) in [4.78, 5) is 12.3. The molecule has 2 aromatic carbocycles. The molecule has 0 aliphatic carbocycles. The molecule has 0 aliphatic heterocycles. The molecule has 1 amide bonds. The molecule has 1 aromatic heterocycles. The third kappa shape index (κ3) is 3.35. The molecule has 0 radical (unpaired) electrons. The number of benzene rings is 2. The minimum Gasteiger partial charge on any atom is -0.305 e. The first-order chi connectivity index (χ1) is 11.4. The highest BCUT2D eigenvalue weighted by atomic mass is 19.1. The lowest BCUT2D eigenvalue weighted by Gasteiger charge is -2.05. The first kappa shape index (κ1) is 15.9. The Balaban J connectivity index is 1.83. The maximum Gasteiger partial charge on any atom is 0.257 e. The lowest BCUT2D eigenvalue weighted by atomic mass is 10.1. The number of carbonyl (C=O) groups excluding carboxylic acids is 1. The molecule has 0 spiro atoms. The Morgan fingerprint density at radius 1 is 1.04 bits per heavy atom. The van der Waals surface area contributed by atoms with Gasteiger partial charge in [0.1, 0.15) is 5.82 Å². The summed E-state index contributed by atoms with van der Waals surface area (Å²) in [5, 5.41) is 9.74. The molecule has 5 heteroatoms. The van der Waals surface area contributed by atoms with Crippen molar-refractivity contribution in [1.82, 2.24) is 10.2 Å². The molecule has 0 unspecified atom stereocenters. The molecule has 0 saturated carbocycles. The fourth-order valence-electron chi connectivity index (χ4n) is 2.69. The monoisotopic (exact) mass is 323 g/mol. The van der Waals surface area contributed by atoms with Crippen molar-refractivity contribution in [1.29, 1.82) is 0 Å². The number of anilines is 1. The Morgan fingerprint density at radius 2 is 1.75 bits per heavy atom. The summed E-state index contributed by atoms with van der Waals surface area (Å²) in [6.45, 7) is 5.82. The highest BCUT2D eigenvalue weighted by Gasteiger charge is 2.13. The van der Waals surface area contributed by atoms with Crippen molar-refractivity contribution in [2.75, 3.05) is 5.32 Å². The van der Waals surface area contributed by atoms with E-state index in [1.807, 2.05) is 26.0 Å². The van der Waals surface area contributed by atoms with Crippen molar-refractivity contribution in [3.63, 3.8) is 0 Å². The van der Waals surface area contributed by atoms with Crippen molar-refractivity contribution < 1.29 is 9.18 Å². The molecule has 122 valence electrons. The average molecular weight is 323 g/mol. The number of hydrogen-bond acceptors (Lipinski definition) is 2. The van der Waals surface area contributed by atoms with Gasteiger partial charge in [0.2, 0.25) is 0 Å². The van der Waals surface area contributed by atoms with Gasteiger partial charge in [-0.1, -0.05) is 23.3 Å². The zero-order valence-corrected chi connectivity index (χ0v) is 13.8. The number of amides is 1. The summed E-state index contributed by atoms with van der Waals surface area (Å²) in [6.07, 6.45) is 0. The molecule has 0 saturated heterocycles. The Labute approximate surface area is 139 Å². The van der Waals surface area contributed by atoms with Crippen LogP contribution < -0.4 is 5.32 Å². The zero-order valence-electron chi connectivity index (χ0n) is 13.8. The van der Waals surface area contributed by atoms with Crippen molar-refractivity contribution >= 4 is 11.7 Å². The van der Waals surface area contributed by atoms with Crippen LogP contribution in [-0.2, 0) is 0 Å². The highest BCUT2D eigenvalue weighted by molar-refractivity contribution is 6.05. The van der Waals surface area contributed by atoms with Crippen molar-refractivity contribution in [3.8, 4) is 11.3 Å². The third-order valence-electron chi connectivity index (χ3n) is 3.80. The predicted molar refractivity (Wildman–Crippen MR) is 92.6 cm³/mol. The number of nitrogens with one attached hydrogen (secondary N) is 2. The van der Waals surface area contributed by atoms with Crippen LogP contribution in [0.5, 0.6) is 0 Å². The Morgan fingerprint density at radius 3 is 2.46 bits per heavy atom. The second kappa shape index (κ2) is 6.28. The van der Waals surface area contributed by atoms with Crippen molar-refractivity contribution in [2.45, 2.75) is 20.8 Å². The van der Waals surface area contributed by atoms with Crippen LogP contribution in [0.4, 0.5) is 10.2 Å². The van der Waals surface area contributed by atoms with Crippen LogP contribution in [0.3, 0.4) is 0 Å². The molecule has 3 aromatic rings. The quantitative estimate of drug-likeness (QED) is 0.751. The third-order valence-corrected chi connectivity index (χ3v) is 3.80. The number of aromatic amines is 1. The first-order valence-electron chi connectivity index (χ1n) is 7.64. The summed E-state index contributed by atoms with van der Waals surface area (Å²) in [6, 6.07) is 12.1. The molecular formula is C19H18FN3O. The lowest BCUT2D eigenvalue weighted by Crippen LogP contribution is -2.13. The Bertz CT molecular complexity index is 894. The smallest absolute Gasteiger partial charge is 0.257 e. The predicted octanol–water partition coefficient (Wildman–Crippen LogP) is 4.39. The van der Waals surface area contributed by atoms with E-state index in [2.05, 4.69) is 21.6 Å². The van der Waals surface area contributed by atoms with Crippen LogP contribution in [0.15, 0.2) is 42.5 Å². The van der Waals surface area contributed by atoms with Gasteiger partial charge in [0.05, 0.1) is 5.69 Å². The summed E-state index contributed by atoms with van der Waals surface area (Å²) >= 11 is 0. The molecule has 3 rings (SSSR count). The van der Waals surface area contributed by atoms with Gasteiger partial charge in [0, 0.05) is 17.2 Å². The average Bonchev–Trinajstić information content (AvgIpc) is 2.97. The standard InChI is InChI=1S/C19H18FN3O/c1-11-6-12(2)8-14(7-11)17-10-18(23-22-17)21-19(24)16-9-15(20)5-4-13(16)3/h4-10H,1-3H3,(H2,21,22,23,24). The van der Waals surface area contributed by atoms with Gasteiger partial charge >= 0.3 is 0 Å². The molecule has 24 heavy (non-hydrogen) atoms. The maximum atomic E-state index is 13.3. The maximum absolute atomic E-state index is 13.3. The summed E-state index contributed by atoms with van der Waals surface area (Å²) < 4.78 is 13.3. The van der Waals surface area contributed by atoms with Gasteiger partial charge in [-0.25, -0.2) is 4.39 Å². The fraction of sp³-hybridized carbons (Fsp3) is 0.158. The fourth-order valence-corrected chi connectivity index (χ4v) is 2.69. The lowest BCUT2D eigenvalue weighted by molar-refractivity contribution is 0.102. The van der Waals surface area contributed by atoms with E-state index in [0.717, 1.165) is 22.4 Å². The van der Waals surface area contributed by atoms with Crippen LogP contribution in [-0.4, -0.2) is 16.1 Å². The molecule has 0 bridgehead atoms. The van der Waals surface area contributed by atoms with Gasteiger partial charge in [0.15, 0.2) is 5.82 Å². The topological polar surface area (TPSA) is 57.8 Å².